The number of anilines is 1. The van der Waals surface area contributed by atoms with Gasteiger partial charge >= 0.3 is 0 Å². The molecule has 0 amide bonds. The van der Waals surface area contributed by atoms with Crippen LogP contribution in [0.2, 0.25) is 5.02 Å². The summed E-state index contributed by atoms with van der Waals surface area (Å²) in [6, 6.07) is 13.2. The zero-order valence-corrected chi connectivity index (χ0v) is 13.7. The maximum Gasteiger partial charge on any atom is 0.0554 e. The van der Waals surface area contributed by atoms with Gasteiger partial charge in [0, 0.05) is 16.6 Å². The molecule has 2 aromatic carbocycles. The summed E-state index contributed by atoms with van der Waals surface area (Å²) in [6.07, 6.45) is 5.84. The predicted octanol–water partition coefficient (Wildman–Crippen LogP) is 5.78. The molecule has 112 valence electrons. The third-order valence-corrected chi connectivity index (χ3v) is 5.51. The molecule has 1 nitrogen and oxygen atoms in total. The van der Waals surface area contributed by atoms with E-state index in [2.05, 4.69) is 61.6 Å². The molecule has 0 fully saturated rings. The molecule has 4 rings (SSSR count). The van der Waals surface area contributed by atoms with Gasteiger partial charge < -0.3 is 5.32 Å². The second kappa shape index (κ2) is 5.17. The number of halogens is 1. The molecule has 0 radical (unpaired) electrons. The molecule has 2 aliphatic rings. The highest BCUT2D eigenvalue weighted by Crippen LogP contribution is 2.51. The largest absolute Gasteiger partial charge is 0.377 e. The second-order valence-electron chi connectivity index (χ2n) is 6.50. The highest BCUT2D eigenvalue weighted by molar-refractivity contribution is 6.30. The molecule has 0 saturated heterocycles. The van der Waals surface area contributed by atoms with Crippen molar-refractivity contribution in [3.8, 4) is 0 Å². The van der Waals surface area contributed by atoms with E-state index in [1.807, 2.05) is 6.07 Å². The quantitative estimate of drug-likeness (QED) is 0.658. The van der Waals surface area contributed by atoms with E-state index in [1.54, 1.807) is 0 Å². The molecule has 2 heteroatoms. The summed E-state index contributed by atoms with van der Waals surface area (Å²) in [5.41, 5.74) is 6.76. The maximum atomic E-state index is 6.22. The Balaban J connectivity index is 1.84. The van der Waals surface area contributed by atoms with E-state index >= 15 is 0 Å². The van der Waals surface area contributed by atoms with Gasteiger partial charge in [0.15, 0.2) is 0 Å². The monoisotopic (exact) mass is 309 g/mol. The van der Waals surface area contributed by atoms with Crippen LogP contribution in [0.1, 0.15) is 40.6 Å². The fraction of sp³-hybridized carbons (Fsp3) is 0.300. The first-order valence-electron chi connectivity index (χ1n) is 7.94. The van der Waals surface area contributed by atoms with E-state index in [0.717, 1.165) is 11.4 Å². The minimum absolute atomic E-state index is 0.326. The number of rotatable bonds is 1. The lowest BCUT2D eigenvalue weighted by Gasteiger charge is -2.38. The minimum atomic E-state index is 0.326. The first-order valence-corrected chi connectivity index (χ1v) is 8.31. The van der Waals surface area contributed by atoms with E-state index in [9.17, 15) is 0 Å². The van der Waals surface area contributed by atoms with Crippen molar-refractivity contribution in [2.24, 2.45) is 5.92 Å². The summed E-state index contributed by atoms with van der Waals surface area (Å²) in [7, 11) is 0. The van der Waals surface area contributed by atoms with Gasteiger partial charge in [0.25, 0.3) is 0 Å². The van der Waals surface area contributed by atoms with Crippen molar-refractivity contribution < 1.29 is 0 Å². The topological polar surface area (TPSA) is 12.0 Å². The van der Waals surface area contributed by atoms with Gasteiger partial charge in [-0.25, -0.2) is 0 Å². The van der Waals surface area contributed by atoms with Crippen molar-refractivity contribution in [1.29, 1.82) is 0 Å². The number of allylic oxidation sites excluding steroid dienone is 2. The number of nitrogens with one attached hydrogen (secondary N) is 1. The van der Waals surface area contributed by atoms with Gasteiger partial charge in [-0.15, -0.1) is 0 Å². The van der Waals surface area contributed by atoms with Crippen LogP contribution in [0.4, 0.5) is 5.69 Å². The number of hydrogen-bond acceptors (Lipinski definition) is 1. The molecule has 1 heterocycles. The molecule has 3 atom stereocenters. The van der Waals surface area contributed by atoms with Gasteiger partial charge in [0.2, 0.25) is 0 Å². The van der Waals surface area contributed by atoms with Crippen molar-refractivity contribution in [2.75, 3.05) is 5.32 Å². The molecule has 0 unspecified atom stereocenters. The average Bonchev–Trinajstić information content (AvgIpc) is 3.00. The van der Waals surface area contributed by atoms with Crippen LogP contribution in [0.25, 0.3) is 0 Å². The number of fused-ring (bicyclic) bond motifs is 3. The van der Waals surface area contributed by atoms with Crippen LogP contribution in [-0.4, -0.2) is 0 Å². The van der Waals surface area contributed by atoms with Crippen LogP contribution in [-0.2, 0) is 0 Å². The first-order chi connectivity index (χ1) is 10.6. The number of benzene rings is 2. The van der Waals surface area contributed by atoms with Crippen LogP contribution >= 0.6 is 11.6 Å². The van der Waals surface area contributed by atoms with Crippen molar-refractivity contribution in [3.63, 3.8) is 0 Å². The molecule has 0 spiro atoms. The van der Waals surface area contributed by atoms with Crippen LogP contribution < -0.4 is 5.32 Å². The molecular formula is C20H20ClN. The zero-order chi connectivity index (χ0) is 15.3. The number of aryl methyl sites for hydroxylation is 1. The summed E-state index contributed by atoms with van der Waals surface area (Å²) in [5, 5.41) is 4.64. The van der Waals surface area contributed by atoms with Gasteiger partial charge in [-0.2, -0.15) is 0 Å². The first kappa shape index (κ1) is 13.9. The summed E-state index contributed by atoms with van der Waals surface area (Å²) >= 11 is 6.22. The molecule has 22 heavy (non-hydrogen) atoms. The fourth-order valence-electron chi connectivity index (χ4n) is 3.95. The van der Waals surface area contributed by atoms with Crippen LogP contribution in [0, 0.1) is 19.8 Å². The Morgan fingerprint density at radius 2 is 2.00 bits per heavy atom. The summed E-state index contributed by atoms with van der Waals surface area (Å²) in [4.78, 5) is 0. The lowest BCUT2D eigenvalue weighted by Crippen LogP contribution is -2.29. The van der Waals surface area contributed by atoms with E-state index in [-0.39, 0.29) is 0 Å². The molecule has 1 aliphatic carbocycles. The van der Waals surface area contributed by atoms with Crippen LogP contribution in [0.15, 0.2) is 48.6 Å². The lowest BCUT2D eigenvalue weighted by molar-refractivity contribution is 0.425. The molecule has 1 aliphatic heterocycles. The Morgan fingerprint density at radius 3 is 2.82 bits per heavy atom. The van der Waals surface area contributed by atoms with E-state index in [0.29, 0.717) is 17.9 Å². The number of hydrogen-bond donors (Lipinski definition) is 1. The van der Waals surface area contributed by atoms with Gasteiger partial charge in [-0.05, 0) is 60.6 Å². The van der Waals surface area contributed by atoms with E-state index in [1.165, 1.54) is 27.9 Å². The molecule has 0 bridgehead atoms. The van der Waals surface area contributed by atoms with Gasteiger partial charge in [0.05, 0.1) is 6.04 Å². The van der Waals surface area contributed by atoms with Crippen molar-refractivity contribution >= 4 is 17.3 Å². The van der Waals surface area contributed by atoms with Crippen molar-refractivity contribution in [3.05, 3.63) is 75.8 Å². The van der Waals surface area contributed by atoms with Crippen LogP contribution in [0.5, 0.6) is 0 Å². The third-order valence-electron chi connectivity index (χ3n) is 5.28. The van der Waals surface area contributed by atoms with Crippen molar-refractivity contribution in [1.82, 2.24) is 0 Å². The zero-order valence-electron chi connectivity index (χ0n) is 12.9. The molecular weight excluding hydrogens is 290 g/mol. The lowest BCUT2D eigenvalue weighted by atomic mass is 9.76. The van der Waals surface area contributed by atoms with Crippen LogP contribution in [0.3, 0.4) is 0 Å². The van der Waals surface area contributed by atoms with Gasteiger partial charge in [-0.1, -0.05) is 48.0 Å². The molecule has 0 saturated carbocycles. The SMILES string of the molecule is Cc1ccc2c(c1C)N[C@H](c1cccc(Cl)c1)[C@@H]1CC=C[C@H]21. The predicted molar refractivity (Wildman–Crippen MR) is 93.7 cm³/mol. The maximum absolute atomic E-state index is 6.22. The van der Waals surface area contributed by atoms with Gasteiger partial charge in [-0.3, -0.25) is 0 Å². The third kappa shape index (κ3) is 2.07. The summed E-state index contributed by atoms with van der Waals surface area (Å²) in [6.45, 7) is 4.40. The standard InChI is InChI=1S/C20H20ClN/c1-12-9-10-18-16-7-4-8-17(16)20(22-19(18)13(12)2)14-5-3-6-15(21)11-14/h3-7,9-11,16-17,20,22H,8H2,1-2H3/t16-,17+,20+/m0/s1. The molecule has 2 aromatic rings. The highest BCUT2D eigenvalue weighted by atomic mass is 35.5. The average molecular weight is 310 g/mol. The molecule has 1 N–H and O–H groups in total. The van der Waals surface area contributed by atoms with Crippen molar-refractivity contribution in [2.45, 2.75) is 32.2 Å². The normalized spacial score (nSPS) is 25.5. The fourth-order valence-corrected chi connectivity index (χ4v) is 4.15. The minimum Gasteiger partial charge on any atom is -0.377 e. The van der Waals surface area contributed by atoms with E-state index in [4.69, 9.17) is 11.6 Å². The smallest absolute Gasteiger partial charge is 0.0554 e. The Hall–Kier alpha value is -1.73. The Bertz CT molecular complexity index is 762. The Labute approximate surface area is 137 Å². The van der Waals surface area contributed by atoms with E-state index < -0.39 is 0 Å². The van der Waals surface area contributed by atoms with Gasteiger partial charge in [0.1, 0.15) is 0 Å². The molecule has 0 aromatic heterocycles. The second-order valence-corrected chi connectivity index (χ2v) is 6.94. The Kier molecular flexibility index (Phi) is 3.27. The summed E-state index contributed by atoms with van der Waals surface area (Å²) < 4.78 is 0. The summed E-state index contributed by atoms with van der Waals surface area (Å²) in [5.74, 6) is 1.09. The Morgan fingerprint density at radius 1 is 1.14 bits per heavy atom. The highest BCUT2D eigenvalue weighted by Gasteiger charge is 2.38.